The maximum atomic E-state index is 5.34. The highest BCUT2D eigenvalue weighted by atomic mass is 31.2. The van der Waals surface area contributed by atoms with Crippen LogP contribution in [0.25, 0.3) is 44.0 Å². The highest BCUT2D eigenvalue weighted by Gasteiger charge is 2.40. The van der Waals surface area contributed by atoms with Crippen molar-refractivity contribution in [1.29, 1.82) is 0 Å². The highest BCUT2D eigenvalue weighted by Crippen LogP contribution is 2.61. The zero-order valence-corrected chi connectivity index (χ0v) is 23.1. The molecule has 0 radical (unpaired) electrons. The van der Waals surface area contributed by atoms with Crippen LogP contribution in [-0.2, 0) is 0 Å². The van der Waals surface area contributed by atoms with Gasteiger partial charge in [0, 0.05) is 18.0 Å². The van der Waals surface area contributed by atoms with E-state index in [1.54, 1.807) is 5.30 Å². The fourth-order valence-electron chi connectivity index (χ4n) is 5.92. The molecule has 0 bridgehead atoms. The van der Waals surface area contributed by atoms with Crippen LogP contribution >= 0.6 is 7.26 Å². The van der Waals surface area contributed by atoms with E-state index in [2.05, 4.69) is 98.6 Å². The van der Waals surface area contributed by atoms with Gasteiger partial charge in [-0.15, -0.1) is 0 Å². The Hall–Kier alpha value is -2.70. The summed E-state index contributed by atoms with van der Waals surface area (Å²) < 4.78 is 0. The first kappa shape index (κ1) is 25.0. The smallest absolute Gasteiger partial charge is 0.142 e. The summed E-state index contributed by atoms with van der Waals surface area (Å²) in [5.74, 6) is 1.04. The molecule has 0 aliphatic carbocycles. The average molecular weight is 496 g/mol. The fourth-order valence-corrected chi connectivity index (χ4v) is 11.2. The lowest BCUT2D eigenvalue weighted by atomic mass is 10.0. The van der Waals surface area contributed by atoms with Gasteiger partial charge in [0.05, 0.1) is 35.1 Å². The van der Waals surface area contributed by atoms with Crippen molar-refractivity contribution in [3.8, 4) is 11.4 Å². The number of imidazole rings is 1. The summed E-state index contributed by atoms with van der Waals surface area (Å²) in [5.41, 5.74) is 3.58. The number of fused-ring (bicyclic) bond motifs is 6. The molecule has 1 N–H and O–H groups in total. The first-order valence-electron chi connectivity index (χ1n) is 14.0. The van der Waals surface area contributed by atoms with Crippen molar-refractivity contribution in [2.45, 2.75) is 59.3 Å². The van der Waals surface area contributed by atoms with E-state index in [-0.39, 0.29) is 0 Å². The Morgan fingerprint density at radius 3 is 1.72 bits per heavy atom. The average Bonchev–Trinajstić information content (AvgIpc) is 3.39. The normalized spacial score (nSPS) is 12.2. The zero-order chi connectivity index (χ0) is 25.0. The van der Waals surface area contributed by atoms with Crippen molar-refractivity contribution in [3.63, 3.8) is 0 Å². The fraction of sp³-hybridized carbons (Fsp3) is 0.364. The maximum Gasteiger partial charge on any atom is 0.142 e. The minimum absolute atomic E-state index is 1.04. The van der Waals surface area contributed by atoms with Gasteiger partial charge in [-0.25, -0.2) is 4.98 Å². The number of rotatable bonds is 11. The monoisotopic (exact) mass is 495 g/mol. The van der Waals surface area contributed by atoms with Crippen LogP contribution in [-0.4, -0.2) is 28.5 Å². The van der Waals surface area contributed by atoms with Crippen molar-refractivity contribution in [1.82, 2.24) is 9.97 Å². The van der Waals surface area contributed by atoms with E-state index in [0.29, 0.717) is 0 Å². The first-order chi connectivity index (χ1) is 17.7. The summed E-state index contributed by atoms with van der Waals surface area (Å²) in [5, 5.41) is 6.66. The van der Waals surface area contributed by atoms with E-state index >= 15 is 0 Å². The zero-order valence-electron chi connectivity index (χ0n) is 22.2. The van der Waals surface area contributed by atoms with Crippen molar-refractivity contribution >= 4 is 45.1 Å². The van der Waals surface area contributed by atoms with Crippen molar-refractivity contribution in [2.24, 2.45) is 0 Å². The standard InChI is InChI=1S/C33H40N2P/c1-4-7-22-36(23-8-5-2,24-9-6-3)30-21-15-14-20-29(30)33-34-31-27-18-12-10-16-25(27)26-17-11-13-19-28(26)32(31)35-33/h10-21H,4-9,22-24H2,1-3H3,(H,34,35)/q+1. The predicted octanol–water partition coefficient (Wildman–Crippen LogP) is 9.58. The Labute approximate surface area is 216 Å². The molecule has 2 nitrogen and oxygen atoms in total. The van der Waals surface area contributed by atoms with Gasteiger partial charge in [-0.2, -0.15) is 0 Å². The largest absolute Gasteiger partial charge is 0.337 e. The van der Waals surface area contributed by atoms with Gasteiger partial charge < -0.3 is 4.98 Å². The SMILES string of the molecule is CCCC[P+](CCCC)(CCCC)c1ccccc1-c1nc2c3ccccc3c3ccccc3c2[nH]1. The summed E-state index contributed by atoms with van der Waals surface area (Å²) in [6.07, 6.45) is 11.9. The molecule has 1 heterocycles. The summed E-state index contributed by atoms with van der Waals surface area (Å²) in [7, 11) is -1.30. The van der Waals surface area contributed by atoms with Gasteiger partial charge in [0.1, 0.15) is 11.1 Å². The summed E-state index contributed by atoms with van der Waals surface area (Å²) in [4.78, 5) is 9.17. The minimum Gasteiger partial charge on any atom is -0.337 e. The molecule has 0 spiro atoms. The van der Waals surface area contributed by atoms with Crippen LogP contribution in [0.1, 0.15) is 59.3 Å². The Bertz CT molecular complexity index is 1370. The second-order valence-electron chi connectivity index (χ2n) is 10.3. The molecule has 1 aromatic heterocycles. The van der Waals surface area contributed by atoms with Gasteiger partial charge in [-0.1, -0.05) is 101 Å². The first-order valence-corrected chi connectivity index (χ1v) is 16.3. The molecule has 5 rings (SSSR count). The summed E-state index contributed by atoms with van der Waals surface area (Å²) in [6, 6.07) is 26.7. The van der Waals surface area contributed by atoms with Crippen LogP contribution in [0.2, 0.25) is 0 Å². The van der Waals surface area contributed by atoms with Crippen LogP contribution in [0.15, 0.2) is 72.8 Å². The van der Waals surface area contributed by atoms with Gasteiger partial charge >= 0.3 is 0 Å². The topological polar surface area (TPSA) is 28.7 Å². The van der Waals surface area contributed by atoms with Crippen molar-refractivity contribution in [2.75, 3.05) is 18.5 Å². The third-order valence-corrected chi connectivity index (χ3v) is 12.8. The number of hydrogen-bond acceptors (Lipinski definition) is 1. The van der Waals surface area contributed by atoms with Gasteiger partial charge in [0.15, 0.2) is 0 Å². The molecule has 0 fully saturated rings. The number of nitrogens with zero attached hydrogens (tertiary/aromatic N) is 1. The van der Waals surface area contributed by atoms with E-state index in [1.807, 2.05) is 0 Å². The number of hydrogen-bond donors (Lipinski definition) is 1. The third kappa shape index (κ3) is 4.57. The number of unbranched alkanes of at least 4 members (excludes halogenated alkanes) is 3. The maximum absolute atomic E-state index is 5.34. The summed E-state index contributed by atoms with van der Waals surface area (Å²) >= 11 is 0. The molecule has 0 aliphatic rings. The van der Waals surface area contributed by atoms with Gasteiger partial charge in [-0.05, 0) is 42.2 Å². The Morgan fingerprint density at radius 2 is 1.11 bits per heavy atom. The highest BCUT2D eigenvalue weighted by molar-refractivity contribution is 7.83. The van der Waals surface area contributed by atoms with Crippen LogP contribution < -0.4 is 5.30 Å². The van der Waals surface area contributed by atoms with Crippen molar-refractivity contribution in [3.05, 3.63) is 72.8 Å². The molecule has 0 saturated carbocycles. The van der Waals surface area contributed by atoms with Crippen LogP contribution in [0.4, 0.5) is 0 Å². The Kier molecular flexibility index (Phi) is 7.73. The molecule has 5 aromatic rings. The Morgan fingerprint density at radius 1 is 0.611 bits per heavy atom. The molecule has 0 amide bonds. The molecular weight excluding hydrogens is 455 g/mol. The van der Waals surface area contributed by atoms with Gasteiger partial charge in [0.25, 0.3) is 0 Å². The van der Waals surface area contributed by atoms with E-state index in [9.17, 15) is 0 Å². The Balaban J connectivity index is 1.74. The second kappa shape index (κ2) is 11.1. The van der Waals surface area contributed by atoms with Gasteiger partial charge in [-0.3, -0.25) is 0 Å². The molecule has 186 valence electrons. The number of benzene rings is 4. The second-order valence-corrected chi connectivity index (χ2v) is 14.4. The molecule has 0 aliphatic heterocycles. The number of aromatic amines is 1. The lowest BCUT2D eigenvalue weighted by Gasteiger charge is -2.29. The predicted molar refractivity (Wildman–Crippen MR) is 162 cm³/mol. The molecule has 0 saturated heterocycles. The molecular formula is C33H40N2P+. The van der Waals surface area contributed by atoms with Crippen LogP contribution in [0.5, 0.6) is 0 Å². The molecule has 3 heteroatoms. The molecule has 0 unspecified atom stereocenters. The lowest BCUT2D eigenvalue weighted by molar-refractivity contribution is 0.841. The molecule has 0 atom stereocenters. The summed E-state index contributed by atoms with van der Waals surface area (Å²) in [6.45, 7) is 7.03. The van der Waals surface area contributed by atoms with E-state index in [1.165, 1.54) is 84.1 Å². The molecule has 36 heavy (non-hydrogen) atoms. The van der Waals surface area contributed by atoms with Crippen LogP contribution in [0.3, 0.4) is 0 Å². The van der Waals surface area contributed by atoms with Crippen molar-refractivity contribution < 1.29 is 0 Å². The number of nitrogens with one attached hydrogen (secondary N) is 1. The van der Waals surface area contributed by atoms with E-state index in [0.717, 1.165) is 16.9 Å². The molecule has 4 aromatic carbocycles. The number of H-pyrrole nitrogens is 1. The third-order valence-electron chi connectivity index (χ3n) is 7.86. The quantitative estimate of drug-likeness (QED) is 0.143. The van der Waals surface area contributed by atoms with Gasteiger partial charge in [0.2, 0.25) is 0 Å². The number of aromatic nitrogens is 2. The minimum atomic E-state index is -1.30. The van der Waals surface area contributed by atoms with Crippen LogP contribution in [0, 0.1) is 0 Å². The lowest BCUT2D eigenvalue weighted by Crippen LogP contribution is -2.23. The van der Waals surface area contributed by atoms with E-state index in [4.69, 9.17) is 4.98 Å². The van der Waals surface area contributed by atoms with E-state index < -0.39 is 7.26 Å².